The Kier molecular flexibility index (Phi) is 5.56. The highest BCUT2D eigenvalue weighted by molar-refractivity contribution is 5.83. The Balaban J connectivity index is 1.70. The summed E-state index contributed by atoms with van der Waals surface area (Å²) in [6.45, 7) is 8.10. The fourth-order valence-corrected chi connectivity index (χ4v) is 3.58. The van der Waals surface area contributed by atoms with E-state index in [1.54, 1.807) is 0 Å². The second-order valence-electron chi connectivity index (χ2n) is 7.62. The third kappa shape index (κ3) is 3.98. The summed E-state index contributed by atoms with van der Waals surface area (Å²) in [4.78, 5) is 12.9. The van der Waals surface area contributed by atoms with Crippen LogP contribution in [0, 0.1) is 11.3 Å². The summed E-state index contributed by atoms with van der Waals surface area (Å²) in [5.41, 5.74) is 0.528. The zero-order valence-electron chi connectivity index (χ0n) is 14.8. The molecule has 134 valence electrons. The van der Waals surface area contributed by atoms with E-state index in [1.165, 1.54) is 0 Å². The largest absolute Gasteiger partial charge is 0.381 e. The zero-order chi connectivity index (χ0) is 17.0. The van der Waals surface area contributed by atoms with Crippen LogP contribution in [0.4, 0.5) is 0 Å². The van der Waals surface area contributed by atoms with Gasteiger partial charge in [-0.25, -0.2) is 0 Å². The average Bonchev–Trinajstić information content (AvgIpc) is 3.24. The Bertz CT molecular complexity index is 543. The van der Waals surface area contributed by atoms with Crippen LogP contribution < -0.4 is 10.6 Å². The first-order chi connectivity index (χ1) is 11.6. The molecule has 3 heterocycles. The molecule has 2 atom stereocenters. The van der Waals surface area contributed by atoms with Crippen molar-refractivity contribution < 1.29 is 14.1 Å². The van der Waals surface area contributed by atoms with Gasteiger partial charge in [0.25, 0.3) is 0 Å². The van der Waals surface area contributed by atoms with Gasteiger partial charge in [-0.2, -0.15) is 0 Å². The number of amides is 1. The third-order valence-electron chi connectivity index (χ3n) is 5.06. The van der Waals surface area contributed by atoms with Gasteiger partial charge in [0, 0.05) is 38.1 Å². The zero-order valence-corrected chi connectivity index (χ0v) is 14.8. The lowest BCUT2D eigenvalue weighted by atomic mass is 9.76. The standard InChI is InChI=1S/C18H29N3O3/c1-13(2)10-20-17(22)18(5-3-6-19-12-18)9-15-8-16(21-24-15)14-4-7-23-11-14/h8,13-14,19H,3-7,9-12H2,1-2H3,(H,20,22)/t14-,18+/m0/s1. The normalized spacial score (nSPS) is 27.5. The number of carbonyl (C=O) groups is 1. The van der Waals surface area contributed by atoms with Crippen molar-refractivity contribution in [2.24, 2.45) is 11.3 Å². The van der Waals surface area contributed by atoms with Crippen molar-refractivity contribution in [2.75, 3.05) is 32.8 Å². The van der Waals surface area contributed by atoms with Crippen molar-refractivity contribution in [3.63, 3.8) is 0 Å². The highest BCUT2D eigenvalue weighted by Crippen LogP contribution is 2.33. The van der Waals surface area contributed by atoms with Crippen molar-refractivity contribution in [1.82, 2.24) is 15.8 Å². The molecule has 0 saturated carbocycles. The van der Waals surface area contributed by atoms with Crippen molar-refractivity contribution in [3.8, 4) is 0 Å². The van der Waals surface area contributed by atoms with Crippen molar-refractivity contribution >= 4 is 5.91 Å². The van der Waals surface area contributed by atoms with Gasteiger partial charge in [0.2, 0.25) is 5.91 Å². The summed E-state index contributed by atoms with van der Waals surface area (Å²) in [6, 6.07) is 2.02. The van der Waals surface area contributed by atoms with E-state index in [2.05, 4.69) is 29.6 Å². The lowest BCUT2D eigenvalue weighted by molar-refractivity contribution is -0.132. The number of aromatic nitrogens is 1. The van der Waals surface area contributed by atoms with Gasteiger partial charge < -0.3 is 19.9 Å². The molecule has 6 nitrogen and oxygen atoms in total. The van der Waals surface area contributed by atoms with E-state index in [-0.39, 0.29) is 5.91 Å². The topological polar surface area (TPSA) is 76.4 Å². The highest BCUT2D eigenvalue weighted by atomic mass is 16.5. The van der Waals surface area contributed by atoms with Crippen LogP contribution in [0.5, 0.6) is 0 Å². The van der Waals surface area contributed by atoms with Crippen LogP contribution in [0.25, 0.3) is 0 Å². The van der Waals surface area contributed by atoms with Gasteiger partial charge in [-0.15, -0.1) is 0 Å². The van der Waals surface area contributed by atoms with Gasteiger partial charge in [-0.3, -0.25) is 4.79 Å². The molecule has 2 aliphatic heterocycles. The second-order valence-corrected chi connectivity index (χ2v) is 7.62. The first-order valence-corrected chi connectivity index (χ1v) is 9.11. The molecule has 2 aliphatic rings. The van der Waals surface area contributed by atoms with Gasteiger partial charge in [0.05, 0.1) is 17.7 Å². The summed E-state index contributed by atoms with van der Waals surface area (Å²) in [7, 11) is 0. The Morgan fingerprint density at radius 1 is 1.54 bits per heavy atom. The van der Waals surface area contributed by atoms with Crippen LogP contribution in [0.1, 0.15) is 50.5 Å². The lowest BCUT2D eigenvalue weighted by Gasteiger charge is -2.35. The molecule has 1 amide bonds. The smallest absolute Gasteiger partial charge is 0.227 e. The maximum Gasteiger partial charge on any atom is 0.227 e. The molecular weight excluding hydrogens is 306 g/mol. The molecule has 0 aliphatic carbocycles. The lowest BCUT2D eigenvalue weighted by Crippen LogP contribution is -2.52. The van der Waals surface area contributed by atoms with Crippen molar-refractivity contribution in [3.05, 3.63) is 17.5 Å². The first kappa shape index (κ1) is 17.4. The fourth-order valence-electron chi connectivity index (χ4n) is 3.58. The molecule has 24 heavy (non-hydrogen) atoms. The molecule has 0 aromatic carbocycles. The summed E-state index contributed by atoms with van der Waals surface area (Å²) in [6.07, 6.45) is 3.48. The minimum absolute atomic E-state index is 0.130. The van der Waals surface area contributed by atoms with E-state index in [9.17, 15) is 4.79 Å². The molecule has 0 bridgehead atoms. The molecule has 2 fully saturated rings. The number of nitrogens with one attached hydrogen (secondary N) is 2. The van der Waals surface area contributed by atoms with Gasteiger partial charge >= 0.3 is 0 Å². The molecule has 2 saturated heterocycles. The minimum atomic E-state index is -0.434. The fraction of sp³-hybridized carbons (Fsp3) is 0.778. The molecule has 0 radical (unpaired) electrons. The number of rotatable bonds is 6. The summed E-state index contributed by atoms with van der Waals surface area (Å²) >= 11 is 0. The minimum Gasteiger partial charge on any atom is -0.381 e. The van der Waals surface area contributed by atoms with E-state index in [1.807, 2.05) is 6.07 Å². The van der Waals surface area contributed by atoms with Crippen LogP contribution in [-0.4, -0.2) is 43.9 Å². The second kappa shape index (κ2) is 7.66. The SMILES string of the molecule is CC(C)CNC(=O)[C@@]1(Cc2cc([C@H]3CCOC3)no2)CCCNC1. The summed E-state index contributed by atoms with van der Waals surface area (Å²) in [5, 5.41) is 10.7. The monoisotopic (exact) mass is 335 g/mol. The molecule has 1 aromatic rings. The Labute approximate surface area is 143 Å². The molecule has 2 N–H and O–H groups in total. The van der Waals surface area contributed by atoms with Crippen molar-refractivity contribution in [1.29, 1.82) is 0 Å². The number of hydrogen-bond donors (Lipinski definition) is 2. The highest BCUT2D eigenvalue weighted by Gasteiger charge is 2.41. The van der Waals surface area contributed by atoms with Crippen LogP contribution in [-0.2, 0) is 16.0 Å². The summed E-state index contributed by atoms with van der Waals surface area (Å²) in [5.74, 6) is 1.71. The summed E-state index contributed by atoms with van der Waals surface area (Å²) < 4.78 is 11.0. The van der Waals surface area contributed by atoms with Crippen LogP contribution in [0.3, 0.4) is 0 Å². The molecular formula is C18H29N3O3. The van der Waals surface area contributed by atoms with E-state index < -0.39 is 5.41 Å². The molecule has 6 heteroatoms. The van der Waals surface area contributed by atoms with E-state index in [0.717, 1.165) is 43.9 Å². The average molecular weight is 335 g/mol. The Hall–Kier alpha value is -1.40. The van der Waals surface area contributed by atoms with Gasteiger partial charge in [0.1, 0.15) is 5.76 Å². The molecule has 1 aromatic heterocycles. The van der Waals surface area contributed by atoms with Gasteiger partial charge in [-0.1, -0.05) is 19.0 Å². The molecule has 0 spiro atoms. The van der Waals surface area contributed by atoms with Crippen LogP contribution in [0.15, 0.2) is 10.6 Å². The maximum atomic E-state index is 12.9. The maximum absolute atomic E-state index is 12.9. The van der Waals surface area contributed by atoms with Gasteiger partial charge in [0.15, 0.2) is 0 Å². The molecule has 3 rings (SSSR count). The van der Waals surface area contributed by atoms with Crippen LogP contribution >= 0.6 is 0 Å². The first-order valence-electron chi connectivity index (χ1n) is 9.11. The van der Waals surface area contributed by atoms with E-state index in [0.29, 0.717) is 38.0 Å². The molecule has 0 unspecified atom stereocenters. The van der Waals surface area contributed by atoms with Crippen molar-refractivity contribution in [2.45, 2.75) is 45.4 Å². The van der Waals surface area contributed by atoms with Gasteiger partial charge in [-0.05, 0) is 31.7 Å². The number of piperidine rings is 1. The number of nitrogens with zero attached hydrogens (tertiary/aromatic N) is 1. The Morgan fingerprint density at radius 2 is 2.42 bits per heavy atom. The van der Waals surface area contributed by atoms with Crippen LogP contribution in [0.2, 0.25) is 0 Å². The predicted octanol–water partition coefficient (Wildman–Crippen LogP) is 1.86. The quantitative estimate of drug-likeness (QED) is 0.830. The number of ether oxygens (including phenoxy) is 1. The van der Waals surface area contributed by atoms with E-state index in [4.69, 9.17) is 9.26 Å². The number of hydrogen-bond acceptors (Lipinski definition) is 5. The third-order valence-corrected chi connectivity index (χ3v) is 5.06. The number of carbonyl (C=O) groups excluding carboxylic acids is 1. The Morgan fingerprint density at radius 3 is 3.08 bits per heavy atom. The predicted molar refractivity (Wildman–Crippen MR) is 90.8 cm³/mol. The van der Waals surface area contributed by atoms with E-state index >= 15 is 0 Å².